The van der Waals surface area contributed by atoms with Crippen LogP contribution in [0.15, 0.2) is 121 Å². The first-order chi connectivity index (χ1) is 22.9. The summed E-state index contributed by atoms with van der Waals surface area (Å²) in [6.07, 6.45) is 0. The average molecular weight is 793 g/mol. The topological polar surface area (TPSA) is 192 Å². The Morgan fingerprint density at radius 2 is 0.438 bits per heavy atom. The van der Waals surface area contributed by atoms with Crippen LogP contribution in [0, 0.1) is 0 Å². The molecule has 4 N–H and O–H groups in total. The molecule has 4 aromatic carbocycles. The zero-order valence-corrected chi connectivity index (χ0v) is 32.2. The zero-order chi connectivity index (χ0) is 32.9. The SMILES string of the molecule is O[Si]12O[Si]3(O)O[Si]4(O)O[Si](O)(O1)O[Si]1(c5ccccc5)O[Si](c5ccccc5)(O2)O[Si](c2ccccc2)(O3)O[Si](c2ccccc2)(O4)O1. The molecule has 6 saturated heterocycles. The fourth-order valence-corrected chi connectivity index (χ4v) is 43.2. The van der Waals surface area contributed by atoms with Crippen LogP contribution in [-0.4, -0.2) is 90.6 Å². The molecule has 0 spiro atoms. The van der Waals surface area contributed by atoms with Gasteiger partial charge in [0.15, 0.2) is 0 Å². The molecule has 6 aliphatic rings. The lowest BCUT2D eigenvalue weighted by Crippen LogP contribution is -2.93. The molecule has 48 heavy (non-hydrogen) atoms. The normalized spacial score (nSPS) is 43.1. The van der Waals surface area contributed by atoms with Crippen molar-refractivity contribution in [3.63, 3.8) is 0 Å². The monoisotopic (exact) mass is 792 g/mol. The smallest absolute Gasteiger partial charge is 0.369 e. The van der Waals surface area contributed by atoms with Gasteiger partial charge in [0.2, 0.25) is 0 Å². The molecule has 0 amide bonds. The fraction of sp³-hybridized carbons (Fsp3) is 0. The van der Waals surface area contributed by atoms with Crippen molar-refractivity contribution in [1.82, 2.24) is 0 Å². The van der Waals surface area contributed by atoms with E-state index in [2.05, 4.69) is 0 Å². The molecule has 10 rings (SSSR count). The second-order valence-electron chi connectivity index (χ2n) is 11.0. The molecular weight excluding hydrogens is 769 g/mol. The number of hydrogen-bond donors (Lipinski definition) is 4. The Balaban J connectivity index is 1.43. The van der Waals surface area contributed by atoms with Crippen LogP contribution in [-0.2, 0) is 49.4 Å². The minimum Gasteiger partial charge on any atom is -0.369 e. The summed E-state index contributed by atoms with van der Waals surface area (Å²) in [6, 6.07) is 33.5. The van der Waals surface area contributed by atoms with Crippen molar-refractivity contribution in [3.8, 4) is 0 Å². The maximum atomic E-state index is 12.0. The molecule has 248 valence electrons. The van der Waals surface area contributed by atoms with Gasteiger partial charge in [-0.3, -0.25) is 0 Å². The summed E-state index contributed by atoms with van der Waals surface area (Å²) in [6.45, 7) is 0. The second-order valence-corrected chi connectivity index (χ2v) is 31.8. The minimum atomic E-state index is -5.46. The van der Waals surface area contributed by atoms with Gasteiger partial charge in [-0.05, 0) is 0 Å². The van der Waals surface area contributed by atoms with E-state index in [-0.39, 0.29) is 20.7 Å². The van der Waals surface area contributed by atoms with E-state index in [1.807, 2.05) is 0 Å². The van der Waals surface area contributed by atoms with E-state index in [1.54, 1.807) is 121 Å². The molecule has 0 atom stereocenters. The van der Waals surface area contributed by atoms with Gasteiger partial charge in [-0.2, -0.15) is 0 Å². The van der Waals surface area contributed by atoms with Crippen molar-refractivity contribution in [2.45, 2.75) is 0 Å². The van der Waals surface area contributed by atoms with Crippen molar-refractivity contribution < 1.29 is 68.6 Å². The van der Waals surface area contributed by atoms with Gasteiger partial charge >= 0.3 is 71.4 Å². The Bertz CT molecular complexity index is 1560. The molecule has 0 aromatic heterocycles. The van der Waals surface area contributed by atoms with Crippen LogP contribution < -0.4 is 20.7 Å². The first kappa shape index (κ1) is 31.9. The van der Waals surface area contributed by atoms with E-state index < -0.39 is 71.4 Å². The van der Waals surface area contributed by atoms with E-state index in [0.29, 0.717) is 0 Å². The highest BCUT2D eigenvalue weighted by Gasteiger charge is 2.87. The summed E-state index contributed by atoms with van der Waals surface area (Å²) in [5.74, 6) is 0. The van der Waals surface area contributed by atoms with Crippen LogP contribution in [0.25, 0.3) is 0 Å². The van der Waals surface area contributed by atoms with E-state index in [9.17, 15) is 19.2 Å². The van der Waals surface area contributed by atoms with Crippen molar-refractivity contribution >= 4 is 92.2 Å². The molecule has 6 aliphatic heterocycles. The van der Waals surface area contributed by atoms with Gasteiger partial charge in [-0.1, -0.05) is 121 Å². The van der Waals surface area contributed by atoms with Gasteiger partial charge in [0.05, 0.1) is 0 Å². The molecule has 16 nitrogen and oxygen atoms in total. The molecule has 0 unspecified atom stereocenters. The van der Waals surface area contributed by atoms with Crippen molar-refractivity contribution in [2.24, 2.45) is 0 Å². The van der Waals surface area contributed by atoms with Crippen molar-refractivity contribution in [1.29, 1.82) is 0 Å². The van der Waals surface area contributed by atoms with Crippen LogP contribution in [0.4, 0.5) is 0 Å². The molecular formula is C24H24O16Si8. The highest BCUT2D eigenvalue weighted by molar-refractivity contribution is 7.08. The Morgan fingerprint density at radius 1 is 0.250 bits per heavy atom. The molecule has 4 aromatic rings. The maximum Gasteiger partial charge on any atom is 0.658 e. The molecule has 6 fully saturated rings. The Labute approximate surface area is 281 Å². The van der Waals surface area contributed by atoms with Crippen LogP contribution in [0.2, 0.25) is 0 Å². The number of rotatable bonds is 4. The number of hydrogen-bond acceptors (Lipinski definition) is 16. The highest BCUT2D eigenvalue weighted by atomic mass is 28.6. The maximum absolute atomic E-state index is 12.0. The Hall–Kier alpha value is -2.02. The predicted molar refractivity (Wildman–Crippen MR) is 172 cm³/mol. The third-order valence-corrected chi connectivity index (χ3v) is 37.1. The lowest BCUT2D eigenvalue weighted by atomic mass is 10.4. The lowest BCUT2D eigenvalue weighted by Gasteiger charge is -2.58. The quantitative estimate of drug-likeness (QED) is 0.157. The molecule has 0 radical (unpaired) electrons. The van der Waals surface area contributed by atoms with Gasteiger partial charge in [-0.25, -0.2) is 0 Å². The summed E-state index contributed by atoms with van der Waals surface area (Å²) < 4.78 is 76.8. The third kappa shape index (κ3) is 5.12. The first-order valence-electron chi connectivity index (χ1n) is 14.4. The second kappa shape index (κ2) is 10.7. The van der Waals surface area contributed by atoms with Crippen molar-refractivity contribution in [2.75, 3.05) is 0 Å². The standard InChI is InChI=1S/C24H24O16Si8/c25-45-33-41(21-13-5-1-6-14-21)29-42(22-15-7-2-8-16-22)31-44(24-19-11-4-12-20-24)32-43(30-41,23-17-9-3-10-18-23)35-47(27,38-45)40-48(28,36-44)39-46(26,34-42)37-45/h1-20,25-28H. The summed E-state index contributed by atoms with van der Waals surface area (Å²) in [4.78, 5) is 47.9. The van der Waals surface area contributed by atoms with Crippen LogP contribution in [0.1, 0.15) is 0 Å². The molecule has 24 heteroatoms. The highest BCUT2D eigenvalue weighted by Crippen LogP contribution is 2.46. The molecule has 0 saturated carbocycles. The fourth-order valence-electron chi connectivity index (χ4n) is 5.81. The van der Waals surface area contributed by atoms with E-state index in [1.165, 1.54) is 0 Å². The third-order valence-electron chi connectivity index (χ3n) is 7.67. The van der Waals surface area contributed by atoms with Crippen molar-refractivity contribution in [3.05, 3.63) is 121 Å². The Kier molecular flexibility index (Phi) is 7.14. The predicted octanol–water partition coefficient (Wildman–Crippen LogP) is -2.65. The summed E-state index contributed by atoms with van der Waals surface area (Å²) in [5.41, 5.74) is 0. The molecule has 6 heterocycles. The number of benzene rings is 4. The average Bonchev–Trinajstić information content (AvgIpc) is 3.02. The molecule has 0 aliphatic carbocycles. The molecule has 8 bridgehead atoms. The summed E-state index contributed by atoms with van der Waals surface area (Å²) in [5, 5.41) is 1.05. The van der Waals surface area contributed by atoms with Crippen LogP contribution >= 0.6 is 0 Å². The lowest BCUT2D eigenvalue weighted by molar-refractivity contribution is -0.0890. The van der Waals surface area contributed by atoms with E-state index in [4.69, 9.17) is 49.4 Å². The van der Waals surface area contributed by atoms with Gasteiger partial charge in [0.25, 0.3) is 0 Å². The first-order valence-corrected chi connectivity index (χ1v) is 28.0. The van der Waals surface area contributed by atoms with Gasteiger partial charge in [-0.15, -0.1) is 0 Å². The largest absolute Gasteiger partial charge is 0.658 e. The van der Waals surface area contributed by atoms with Gasteiger partial charge in [0, 0.05) is 20.7 Å². The van der Waals surface area contributed by atoms with E-state index in [0.717, 1.165) is 0 Å². The van der Waals surface area contributed by atoms with E-state index >= 15 is 0 Å². The van der Waals surface area contributed by atoms with Crippen LogP contribution in [0.3, 0.4) is 0 Å². The van der Waals surface area contributed by atoms with Crippen LogP contribution in [0.5, 0.6) is 0 Å². The minimum absolute atomic E-state index is 0.263. The summed E-state index contributed by atoms with van der Waals surface area (Å²) >= 11 is 0. The summed E-state index contributed by atoms with van der Waals surface area (Å²) in [7, 11) is -41.1. The van der Waals surface area contributed by atoms with Gasteiger partial charge in [0.1, 0.15) is 0 Å². The van der Waals surface area contributed by atoms with Gasteiger partial charge < -0.3 is 68.6 Å². The Morgan fingerprint density at radius 3 is 0.625 bits per heavy atom. The zero-order valence-electron chi connectivity index (χ0n) is 24.2.